The quantitative estimate of drug-likeness (QED) is 0.162. The van der Waals surface area contributed by atoms with Crippen molar-refractivity contribution in [3.05, 3.63) is 223 Å². The summed E-state index contributed by atoms with van der Waals surface area (Å²) in [6.07, 6.45) is 0. The van der Waals surface area contributed by atoms with Gasteiger partial charge in [-0.3, -0.25) is 0 Å². The van der Waals surface area contributed by atoms with Crippen molar-refractivity contribution in [3.63, 3.8) is 0 Å². The van der Waals surface area contributed by atoms with E-state index in [1.807, 2.05) is 34.8 Å². The minimum Gasteiger partial charge on any atom is -0.319 e. The lowest BCUT2D eigenvalue weighted by Gasteiger charge is -2.16. The van der Waals surface area contributed by atoms with Crippen LogP contribution >= 0.6 is 22.7 Å². The van der Waals surface area contributed by atoms with Crippen molar-refractivity contribution in [2.45, 2.75) is 0 Å². The molecule has 322 valence electrons. The lowest BCUT2D eigenvalue weighted by atomic mass is 9.99. The first kappa shape index (κ1) is 39.0. The van der Waals surface area contributed by atoms with Crippen molar-refractivity contribution < 1.29 is 0 Å². The van der Waals surface area contributed by atoms with E-state index in [2.05, 4.69) is 214 Å². The topological polar surface area (TPSA) is 38.0 Å². The first-order chi connectivity index (χ1) is 34.6. The van der Waals surface area contributed by atoms with Crippen LogP contribution in [0.5, 0.6) is 0 Å². The second kappa shape index (κ2) is 14.7. The van der Waals surface area contributed by atoms with Gasteiger partial charge in [-0.25, -0.2) is 4.85 Å². The van der Waals surface area contributed by atoms with E-state index in [1.54, 1.807) is 0 Å². The highest BCUT2D eigenvalue weighted by Gasteiger charge is 2.23. The average Bonchev–Trinajstić information content (AvgIpc) is 4.17. The Labute approximate surface area is 408 Å². The van der Waals surface area contributed by atoms with E-state index in [0.717, 1.165) is 87.4 Å². The van der Waals surface area contributed by atoms with E-state index < -0.39 is 0 Å². The Bertz CT molecular complexity index is 4560. The number of aromatic nitrogens is 2. The summed E-state index contributed by atoms with van der Waals surface area (Å²) in [5.74, 6) is 0. The van der Waals surface area contributed by atoms with Gasteiger partial charge in [-0.2, -0.15) is 5.26 Å². The molecule has 0 aliphatic heterocycles. The predicted molar refractivity (Wildman–Crippen MR) is 298 cm³/mol. The number of hydrogen-bond donors (Lipinski definition) is 0. The van der Waals surface area contributed by atoms with Gasteiger partial charge in [-0.15, -0.1) is 22.7 Å². The lowest BCUT2D eigenvalue weighted by Crippen LogP contribution is -2.01. The summed E-state index contributed by atoms with van der Waals surface area (Å²) in [6.45, 7) is 8.81. The maximum absolute atomic E-state index is 11.3. The molecule has 0 radical (unpaired) electrons. The summed E-state index contributed by atoms with van der Waals surface area (Å²) in [5.41, 5.74) is 10.8. The van der Waals surface area contributed by atoms with Crippen molar-refractivity contribution in [1.82, 2.24) is 9.13 Å². The zero-order valence-electron chi connectivity index (χ0n) is 37.2. The molecule has 0 saturated heterocycles. The maximum Gasteiger partial charge on any atom is 0.212 e. The van der Waals surface area contributed by atoms with Crippen molar-refractivity contribution in [1.29, 1.82) is 5.26 Å². The van der Waals surface area contributed by atoms with Gasteiger partial charge in [0.2, 0.25) is 5.69 Å². The molecular weight excluding hydrogens is 889 g/mol. The van der Waals surface area contributed by atoms with Crippen molar-refractivity contribution >= 4 is 134 Å². The number of benzene rings is 11. The van der Waals surface area contributed by atoms with Gasteiger partial charge in [0.05, 0.1) is 45.6 Å². The normalized spacial score (nSPS) is 12.0. The molecule has 0 saturated carbocycles. The molecule has 0 fully saturated rings. The van der Waals surface area contributed by atoms with Crippen molar-refractivity contribution in [2.24, 2.45) is 0 Å². The van der Waals surface area contributed by atoms with Gasteiger partial charge in [0.15, 0.2) is 0 Å². The average molecular weight is 923 g/mol. The Morgan fingerprint density at radius 3 is 1.31 bits per heavy atom. The summed E-state index contributed by atoms with van der Waals surface area (Å²) in [7, 11) is 0. The van der Waals surface area contributed by atoms with Crippen LogP contribution in [0.25, 0.3) is 144 Å². The van der Waals surface area contributed by atoms with E-state index in [9.17, 15) is 5.26 Å². The highest BCUT2D eigenvalue weighted by Crippen LogP contribution is 2.46. The van der Waals surface area contributed by atoms with Crippen LogP contribution in [0.3, 0.4) is 0 Å². The van der Waals surface area contributed by atoms with Crippen molar-refractivity contribution in [2.75, 3.05) is 0 Å². The molecule has 0 bridgehead atoms. The predicted octanol–water partition coefficient (Wildman–Crippen LogP) is 18.7. The van der Waals surface area contributed by atoms with Gasteiger partial charge in [-0.05, 0) is 117 Å². The number of nitrogens with zero attached hydrogens (tertiary/aromatic N) is 4. The van der Waals surface area contributed by atoms with Gasteiger partial charge in [0.25, 0.3) is 0 Å². The van der Waals surface area contributed by atoms with E-state index in [-0.39, 0.29) is 0 Å². The second-order valence-corrected chi connectivity index (χ2v) is 20.4. The zero-order chi connectivity index (χ0) is 46.2. The van der Waals surface area contributed by atoms with Crippen LogP contribution in [0.4, 0.5) is 5.69 Å². The molecule has 6 heteroatoms. The molecule has 0 N–H and O–H groups in total. The van der Waals surface area contributed by atoms with Crippen LogP contribution in [0.2, 0.25) is 0 Å². The minimum absolute atomic E-state index is 0.462. The molecule has 11 aromatic carbocycles. The van der Waals surface area contributed by atoms with E-state index in [0.29, 0.717) is 22.6 Å². The molecule has 15 rings (SSSR count). The number of hydrogen-bond acceptors (Lipinski definition) is 3. The Balaban J connectivity index is 0.944. The third-order valence-electron chi connectivity index (χ3n) is 14.5. The third-order valence-corrected chi connectivity index (χ3v) is 16.8. The van der Waals surface area contributed by atoms with E-state index >= 15 is 0 Å². The SMILES string of the molecule is [C-]#[N+]c1cc(-n2c3ccc(-c4ccc5c(c4)sc4ccccc45)cc3c3c4ccccc4ccc32)c(C#N)cc1-n1c2ccc(-c3ccc4c(c3)sc3ccccc34)cc2c2c3ccccc3ccc21. The standard InChI is InChI=1S/C64H34N4S2/c1-66-52-35-57(67-53-26-22-39(30-50(53)63-44-12-4-2-10-37(44)20-28-55(63)67)41-18-24-48-46-14-6-8-16-59(46)69-61(48)33-41)43(36-65)32-58(52)68-54-27-23-40(31-51(54)64-45-13-5-3-11-38(45)21-29-56(64)68)42-19-25-49-47-15-7-9-17-60(47)70-62(49)34-42/h2-35H. The number of nitriles is 1. The smallest absolute Gasteiger partial charge is 0.212 e. The third kappa shape index (κ3) is 5.55. The van der Waals surface area contributed by atoms with Crippen LogP contribution < -0.4 is 0 Å². The number of thiophene rings is 2. The molecule has 0 amide bonds. The van der Waals surface area contributed by atoms with Gasteiger partial charge < -0.3 is 9.13 Å². The molecular formula is C64H34N4S2. The van der Waals surface area contributed by atoms with Crippen molar-refractivity contribution in [3.8, 4) is 39.7 Å². The fourth-order valence-electron chi connectivity index (χ4n) is 11.4. The Kier molecular flexibility index (Phi) is 8.21. The Hall–Kier alpha value is -9.04. The monoisotopic (exact) mass is 922 g/mol. The van der Waals surface area contributed by atoms with Crippen LogP contribution in [0.15, 0.2) is 206 Å². The summed E-state index contributed by atoms with van der Waals surface area (Å²) in [6, 6.07) is 76.4. The molecule has 0 unspecified atom stereocenters. The van der Waals surface area contributed by atoms with Gasteiger partial charge in [0.1, 0.15) is 6.07 Å². The number of fused-ring (bicyclic) bond motifs is 16. The summed E-state index contributed by atoms with van der Waals surface area (Å²) in [5, 5.41) is 25.4. The summed E-state index contributed by atoms with van der Waals surface area (Å²) >= 11 is 3.66. The highest BCUT2D eigenvalue weighted by atomic mass is 32.1. The van der Waals surface area contributed by atoms with Gasteiger partial charge >= 0.3 is 0 Å². The summed E-state index contributed by atoms with van der Waals surface area (Å²) in [4.78, 5) is 4.27. The largest absolute Gasteiger partial charge is 0.319 e. The summed E-state index contributed by atoms with van der Waals surface area (Å²) < 4.78 is 9.50. The van der Waals surface area contributed by atoms with Crippen LogP contribution in [-0.4, -0.2) is 9.13 Å². The maximum atomic E-state index is 11.3. The molecule has 15 aromatic rings. The highest BCUT2D eigenvalue weighted by molar-refractivity contribution is 7.26. The lowest BCUT2D eigenvalue weighted by molar-refractivity contribution is 1.14. The van der Waals surface area contributed by atoms with Gasteiger partial charge in [0, 0.05) is 61.9 Å². The molecule has 70 heavy (non-hydrogen) atoms. The molecule has 0 aliphatic rings. The molecule has 4 heterocycles. The van der Waals surface area contributed by atoms with Crippen LogP contribution in [-0.2, 0) is 0 Å². The first-order valence-corrected chi connectivity index (χ1v) is 24.9. The molecule has 4 nitrogen and oxygen atoms in total. The van der Waals surface area contributed by atoms with Gasteiger partial charge in [-0.1, -0.05) is 133 Å². The van der Waals surface area contributed by atoms with Crippen LogP contribution in [0.1, 0.15) is 5.56 Å². The first-order valence-electron chi connectivity index (χ1n) is 23.3. The fraction of sp³-hybridized carbons (Fsp3) is 0. The second-order valence-electron chi connectivity index (χ2n) is 18.2. The zero-order valence-corrected chi connectivity index (χ0v) is 38.9. The molecule has 4 aromatic heterocycles. The molecule has 0 atom stereocenters. The fourth-order valence-corrected chi connectivity index (χ4v) is 13.7. The number of rotatable bonds is 4. The van der Waals surface area contributed by atoms with E-state index in [1.165, 1.54) is 40.3 Å². The van der Waals surface area contributed by atoms with E-state index in [4.69, 9.17) is 6.57 Å². The van der Waals surface area contributed by atoms with Crippen LogP contribution in [0, 0.1) is 17.9 Å². The Morgan fingerprint density at radius 1 is 0.371 bits per heavy atom. The Morgan fingerprint density at radius 2 is 0.800 bits per heavy atom. The molecule has 0 aliphatic carbocycles. The minimum atomic E-state index is 0.462. The molecule has 0 spiro atoms.